The first-order valence-electron chi connectivity index (χ1n) is 9.82. The lowest BCUT2D eigenvalue weighted by atomic mass is 9.88. The summed E-state index contributed by atoms with van der Waals surface area (Å²) in [6.45, 7) is 1.46. The number of nitrogens with zero attached hydrogens (tertiary/aromatic N) is 3. The molecule has 2 aromatic rings. The highest BCUT2D eigenvalue weighted by atomic mass is 16.6. The smallest absolute Gasteiger partial charge is 0.270 e. The van der Waals surface area contributed by atoms with Gasteiger partial charge in [0, 0.05) is 49.7 Å². The van der Waals surface area contributed by atoms with E-state index in [9.17, 15) is 20.0 Å². The predicted octanol–water partition coefficient (Wildman–Crippen LogP) is 2.99. The van der Waals surface area contributed by atoms with Crippen LogP contribution in [-0.2, 0) is 19.5 Å². The van der Waals surface area contributed by atoms with Crippen LogP contribution in [0, 0.1) is 10.1 Å². The molecule has 0 unspecified atom stereocenters. The maximum absolute atomic E-state index is 12.7. The molecular formula is C20H24N4O4. The van der Waals surface area contributed by atoms with Crippen LogP contribution in [0.5, 0.6) is 5.75 Å². The van der Waals surface area contributed by atoms with Crippen LogP contribution in [0.15, 0.2) is 23.0 Å². The first kappa shape index (κ1) is 18.6. The molecule has 4 rings (SSSR count). The zero-order chi connectivity index (χ0) is 19.7. The summed E-state index contributed by atoms with van der Waals surface area (Å²) in [4.78, 5) is 33.0. The minimum Gasteiger partial charge on any atom is -0.508 e. The Morgan fingerprint density at radius 2 is 2.07 bits per heavy atom. The van der Waals surface area contributed by atoms with Gasteiger partial charge in [0.1, 0.15) is 11.6 Å². The quantitative estimate of drug-likeness (QED) is 0.619. The van der Waals surface area contributed by atoms with Gasteiger partial charge in [0.2, 0.25) is 0 Å². The van der Waals surface area contributed by atoms with E-state index >= 15 is 0 Å². The van der Waals surface area contributed by atoms with E-state index in [4.69, 9.17) is 4.98 Å². The average molecular weight is 384 g/mol. The van der Waals surface area contributed by atoms with Crippen LogP contribution in [-0.4, -0.2) is 31.4 Å². The lowest BCUT2D eigenvalue weighted by Gasteiger charge is -2.29. The van der Waals surface area contributed by atoms with Gasteiger partial charge in [0.05, 0.1) is 16.2 Å². The van der Waals surface area contributed by atoms with Crippen molar-refractivity contribution in [2.24, 2.45) is 0 Å². The Bertz CT molecular complexity index is 950. The molecule has 1 aliphatic carbocycles. The lowest BCUT2D eigenvalue weighted by molar-refractivity contribution is -0.385. The number of benzene rings is 1. The monoisotopic (exact) mass is 384 g/mol. The topological polar surface area (TPSA) is 112 Å². The first-order chi connectivity index (χ1) is 13.5. The summed E-state index contributed by atoms with van der Waals surface area (Å²) in [6, 6.07) is 4.02. The average Bonchev–Trinajstić information content (AvgIpc) is 2.70. The molecule has 2 N–H and O–H groups in total. The molecule has 1 saturated carbocycles. The largest absolute Gasteiger partial charge is 0.508 e. The van der Waals surface area contributed by atoms with Crippen LogP contribution in [0.2, 0.25) is 0 Å². The molecule has 1 aliphatic heterocycles. The van der Waals surface area contributed by atoms with Crippen molar-refractivity contribution in [2.45, 2.75) is 57.5 Å². The molecule has 28 heavy (non-hydrogen) atoms. The summed E-state index contributed by atoms with van der Waals surface area (Å²) in [5.41, 5.74) is 1.88. The Hall–Kier alpha value is -2.74. The number of hydrogen-bond acceptors (Lipinski definition) is 6. The molecule has 8 heteroatoms. The number of nitrogens with one attached hydrogen (secondary N) is 1. The van der Waals surface area contributed by atoms with Gasteiger partial charge >= 0.3 is 0 Å². The van der Waals surface area contributed by atoms with Gasteiger partial charge in [-0.2, -0.15) is 0 Å². The number of H-pyrrole nitrogens is 1. The van der Waals surface area contributed by atoms with Gasteiger partial charge in [-0.3, -0.25) is 19.8 Å². The van der Waals surface area contributed by atoms with E-state index in [0.717, 1.165) is 24.4 Å². The van der Waals surface area contributed by atoms with Crippen molar-refractivity contribution in [1.29, 1.82) is 0 Å². The number of nitro benzene ring substituents is 1. The summed E-state index contributed by atoms with van der Waals surface area (Å²) in [5, 5.41) is 21.0. The third kappa shape index (κ3) is 3.77. The number of aromatic amines is 1. The van der Waals surface area contributed by atoms with Crippen LogP contribution in [0.3, 0.4) is 0 Å². The number of rotatable bonds is 4. The predicted molar refractivity (Wildman–Crippen MR) is 103 cm³/mol. The number of fused-ring (bicyclic) bond motifs is 1. The molecule has 1 aromatic carbocycles. The molecule has 148 valence electrons. The SMILES string of the molecule is O=c1[nH]c(C2CCCCC2)nc2c1CN(Cc1cc([N+](=O)[O-])ccc1O)CC2. The van der Waals surface area contributed by atoms with Gasteiger partial charge in [-0.15, -0.1) is 0 Å². The number of aromatic nitrogens is 2. The molecule has 2 heterocycles. The van der Waals surface area contributed by atoms with E-state index in [0.29, 0.717) is 43.1 Å². The Kier molecular flexibility index (Phi) is 5.13. The van der Waals surface area contributed by atoms with Crippen LogP contribution in [0.25, 0.3) is 0 Å². The summed E-state index contributed by atoms with van der Waals surface area (Å²) < 4.78 is 0. The van der Waals surface area contributed by atoms with Crippen molar-refractivity contribution in [2.75, 3.05) is 6.54 Å². The van der Waals surface area contributed by atoms with Gasteiger partial charge in [0.25, 0.3) is 11.2 Å². The summed E-state index contributed by atoms with van der Waals surface area (Å²) in [5.74, 6) is 1.20. The fourth-order valence-electron chi connectivity index (χ4n) is 4.26. The van der Waals surface area contributed by atoms with E-state index < -0.39 is 4.92 Å². The number of nitro groups is 1. The molecule has 0 spiro atoms. The number of non-ortho nitro benzene ring substituents is 1. The molecule has 0 bridgehead atoms. The maximum Gasteiger partial charge on any atom is 0.270 e. The molecule has 2 aliphatic rings. The molecular weight excluding hydrogens is 360 g/mol. The Morgan fingerprint density at radius 1 is 1.29 bits per heavy atom. The van der Waals surface area contributed by atoms with Gasteiger partial charge in [0.15, 0.2) is 0 Å². The second kappa shape index (κ2) is 7.71. The van der Waals surface area contributed by atoms with Crippen LogP contribution < -0.4 is 5.56 Å². The van der Waals surface area contributed by atoms with Crippen LogP contribution >= 0.6 is 0 Å². The van der Waals surface area contributed by atoms with E-state index in [1.54, 1.807) is 0 Å². The summed E-state index contributed by atoms with van der Waals surface area (Å²) in [6.07, 6.45) is 6.46. The summed E-state index contributed by atoms with van der Waals surface area (Å²) >= 11 is 0. The Labute approximate surface area is 162 Å². The van der Waals surface area contributed by atoms with Crippen molar-refractivity contribution >= 4 is 5.69 Å². The van der Waals surface area contributed by atoms with Crippen LogP contribution in [0.4, 0.5) is 5.69 Å². The molecule has 0 saturated heterocycles. The van der Waals surface area contributed by atoms with E-state index in [-0.39, 0.29) is 17.0 Å². The zero-order valence-corrected chi connectivity index (χ0v) is 15.7. The van der Waals surface area contributed by atoms with Gasteiger partial charge in [-0.25, -0.2) is 4.98 Å². The number of phenolic OH excluding ortho intramolecular Hbond substituents is 1. The zero-order valence-electron chi connectivity index (χ0n) is 15.7. The van der Waals surface area contributed by atoms with Crippen molar-refractivity contribution < 1.29 is 10.0 Å². The van der Waals surface area contributed by atoms with Crippen molar-refractivity contribution in [1.82, 2.24) is 14.9 Å². The highest BCUT2D eigenvalue weighted by Crippen LogP contribution is 2.31. The molecule has 8 nitrogen and oxygen atoms in total. The van der Waals surface area contributed by atoms with Crippen LogP contribution in [0.1, 0.15) is 60.7 Å². The molecule has 0 amide bonds. The number of aromatic hydroxyl groups is 1. The van der Waals surface area contributed by atoms with E-state index in [1.165, 1.54) is 37.5 Å². The minimum absolute atomic E-state index is 0.0241. The molecule has 1 aromatic heterocycles. The lowest BCUT2D eigenvalue weighted by Crippen LogP contribution is -2.36. The van der Waals surface area contributed by atoms with Crippen molar-refractivity contribution in [3.05, 3.63) is 61.3 Å². The standard InChI is InChI=1S/C20H24N4O4/c25-18-7-6-15(24(27)28)10-14(18)11-23-9-8-17-16(12-23)20(26)22-19(21-17)13-4-2-1-3-5-13/h6-7,10,13,25H,1-5,8-9,11-12H2,(H,21,22,26). The fourth-order valence-corrected chi connectivity index (χ4v) is 4.26. The van der Waals surface area contributed by atoms with Gasteiger partial charge in [-0.1, -0.05) is 19.3 Å². The highest BCUT2D eigenvalue weighted by Gasteiger charge is 2.25. The Morgan fingerprint density at radius 3 is 2.82 bits per heavy atom. The number of hydrogen-bond donors (Lipinski definition) is 2. The maximum atomic E-state index is 12.7. The third-order valence-corrected chi connectivity index (χ3v) is 5.83. The second-order valence-corrected chi connectivity index (χ2v) is 7.74. The minimum atomic E-state index is -0.476. The third-order valence-electron chi connectivity index (χ3n) is 5.83. The summed E-state index contributed by atoms with van der Waals surface area (Å²) in [7, 11) is 0. The first-order valence-corrected chi connectivity index (χ1v) is 9.82. The normalized spacial score (nSPS) is 18.0. The number of phenols is 1. The molecule has 1 fully saturated rings. The Balaban J connectivity index is 1.53. The fraction of sp³-hybridized carbons (Fsp3) is 0.500. The van der Waals surface area contributed by atoms with Gasteiger partial charge in [-0.05, 0) is 18.9 Å². The molecule has 0 radical (unpaired) electrons. The van der Waals surface area contributed by atoms with Gasteiger partial charge < -0.3 is 10.1 Å². The van der Waals surface area contributed by atoms with Crippen molar-refractivity contribution in [3.63, 3.8) is 0 Å². The highest BCUT2D eigenvalue weighted by molar-refractivity contribution is 5.43. The van der Waals surface area contributed by atoms with E-state index in [2.05, 4.69) is 4.98 Å². The van der Waals surface area contributed by atoms with Crippen molar-refractivity contribution in [3.8, 4) is 5.75 Å². The molecule has 0 atom stereocenters. The van der Waals surface area contributed by atoms with E-state index in [1.807, 2.05) is 4.90 Å². The second-order valence-electron chi connectivity index (χ2n) is 7.74.